The Bertz CT molecular complexity index is 469. The molecular weight excluding hydrogens is 247 g/mol. The lowest BCUT2D eigenvalue weighted by atomic mass is 9.96. The van der Waals surface area contributed by atoms with E-state index in [4.69, 9.17) is 15.9 Å². The number of hydrogen-bond donors (Lipinski definition) is 2. The molecule has 0 bridgehead atoms. The maximum atomic E-state index is 12.5. The van der Waals surface area contributed by atoms with Gasteiger partial charge in [-0.25, -0.2) is 4.98 Å². The lowest BCUT2D eigenvalue weighted by Crippen LogP contribution is -2.27. The third-order valence-corrected chi connectivity index (χ3v) is 2.77. The van der Waals surface area contributed by atoms with Gasteiger partial charge in [-0.05, 0) is 31.4 Å². The molecular formula is C11H12F3N3O. The molecule has 1 aliphatic carbocycles. The second-order valence-electron chi connectivity index (χ2n) is 4.13. The van der Waals surface area contributed by atoms with Crippen LogP contribution >= 0.6 is 0 Å². The van der Waals surface area contributed by atoms with Crippen molar-refractivity contribution in [1.82, 2.24) is 4.98 Å². The molecule has 0 aromatic carbocycles. The average Bonchev–Trinajstić information content (AvgIpc) is 2.21. The fourth-order valence-electron chi connectivity index (χ4n) is 1.54. The van der Waals surface area contributed by atoms with Crippen molar-refractivity contribution in [3.05, 3.63) is 23.4 Å². The number of hydrogen-bond acceptors (Lipinski definition) is 3. The molecule has 0 unspecified atom stereocenters. The van der Waals surface area contributed by atoms with Gasteiger partial charge < -0.3 is 10.5 Å². The van der Waals surface area contributed by atoms with Gasteiger partial charge in [0.05, 0.1) is 5.56 Å². The number of nitrogens with two attached hydrogens (primary N) is 1. The van der Waals surface area contributed by atoms with Gasteiger partial charge in [-0.2, -0.15) is 13.2 Å². The van der Waals surface area contributed by atoms with Crippen molar-refractivity contribution >= 4 is 5.84 Å². The minimum Gasteiger partial charge on any atom is -0.474 e. The number of alkyl halides is 3. The minimum absolute atomic E-state index is 0.0925. The van der Waals surface area contributed by atoms with E-state index in [9.17, 15) is 13.2 Å². The molecule has 1 aromatic heterocycles. The molecule has 0 amide bonds. The summed E-state index contributed by atoms with van der Waals surface area (Å²) in [6.45, 7) is 0. The van der Waals surface area contributed by atoms with Gasteiger partial charge in [0, 0.05) is 0 Å². The molecule has 3 N–H and O–H groups in total. The van der Waals surface area contributed by atoms with Gasteiger partial charge in [0.25, 0.3) is 0 Å². The smallest absolute Gasteiger partial charge is 0.433 e. The standard InChI is InChI=1S/C11H12F3N3O/c12-11(13,14)8-5-4-7(9(15)16)10(17-8)18-6-2-1-3-6/h4-6H,1-3H2,(H3,15,16). The van der Waals surface area contributed by atoms with Crippen molar-refractivity contribution in [2.45, 2.75) is 31.5 Å². The van der Waals surface area contributed by atoms with Gasteiger partial charge in [0.2, 0.25) is 5.88 Å². The number of halogens is 3. The van der Waals surface area contributed by atoms with E-state index in [-0.39, 0.29) is 23.4 Å². The first-order chi connectivity index (χ1) is 8.38. The molecule has 98 valence electrons. The van der Waals surface area contributed by atoms with Crippen molar-refractivity contribution < 1.29 is 17.9 Å². The van der Waals surface area contributed by atoms with Gasteiger partial charge in [-0.15, -0.1) is 0 Å². The number of nitrogen functional groups attached to an aromatic ring is 1. The lowest BCUT2D eigenvalue weighted by Gasteiger charge is -2.26. The molecule has 18 heavy (non-hydrogen) atoms. The van der Waals surface area contributed by atoms with Crippen molar-refractivity contribution in [3.8, 4) is 5.88 Å². The molecule has 1 heterocycles. The number of nitrogens with zero attached hydrogens (tertiary/aromatic N) is 1. The second-order valence-corrected chi connectivity index (χ2v) is 4.13. The summed E-state index contributed by atoms with van der Waals surface area (Å²) in [4.78, 5) is 3.42. The summed E-state index contributed by atoms with van der Waals surface area (Å²) >= 11 is 0. The molecule has 1 fully saturated rings. The summed E-state index contributed by atoms with van der Waals surface area (Å²) in [5.41, 5.74) is 4.34. The van der Waals surface area contributed by atoms with E-state index < -0.39 is 11.9 Å². The molecule has 0 saturated heterocycles. The summed E-state index contributed by atoms with van der Waals surface area (Å²) in [5, 5.41) is 7.30. The molecule has 0 spiro atoms. The van der Waals surface area contributed by atoms with Crippen molar-refractivity contribution in [2.75, 3.05) is 0 Å². The number of pyridine rings is 1. The van der Waals surface area contributed by atoms with Gasteiger partial charge in [0.15, 0.2) is 0 Å². The summed E-state index contributed by atoms with van der Waals surface area (Å²) < 4.78 is 42.9. The Hall–Kier alpha value is -1.79. The molecule has 0 aliphatic heterocycles. The van der Waals surface area contributed by atoms with Crippen LogP contribution in [0.3, 0.4) is 0 Å². The van der Waals surface area contributed by atoms with E-state index in [1.807, 2.05) is 0 Å². The highest BCUT2D eigenvalue weighted by Crippen LogP contribution is 2.32. The van der Waals surface area contributed by atoms with E-state index in [0.717, 1.165) is 31.4 Å². The van der Waals surface area contributed by atoms with Crippen molar-refractivity contribution in [1.29, 1.82) is 5.41 Å². The first-order valence-electron chi connectivity index (χ1n) is 5.47. The van der Waals surface area contributed by atoms with Gasteiger partial charge in [0.1, 0.15) is 17.6 Å². The molecule has 1 saturated carbocycles. The normalized spacial score (nSPS) is 16.2. The third kappa shape index (κ3) is 2.55. The maximum absolute atomic E-state index is 12.5. The molecule has 7 heteroatoms. The molecule has 1 aliphatic rings. The lowest BCUT2D eigenvalue weighted by molar-refractivity contribution is -0.141. The topological polar surface area (TPSA) is 72.0 Å². The predicted molar refractivity (Wildman–Crippen MR) is 58.5 cm³/mol. The van der Waals surface area contributed by atoms with Crippen LogP contribution in [-0.4, -0.2) is 16.9 Å². The Kier molecular flexibility index (Phi) is 3.14. The highest BCUT2D eigenvalue weighted by Gasteiger charge is 2.34. The highest BCUT2D eigenvalue weighted by molar-refractivity contribution is 5.97. The van der Waals surface area contributed by atoms with E-state index in [1.54, 1.807) is 0 Å². The second kappa shape index (κ2) is 4.47. The monoisotopic (exact) mass is 259 g/mol. The summed E-state index contributed by atoms with van der Waals surface area (Å²) in [7, 11) is 0. The fourth-order valence-corrected chi connectivity index (χ4v) is 1.54. The van der Waals surface area contributed by atoms with Gasteiger partial charge in [-0.3, -0.25) is 5.41 Å². The molecule has 1 aromatic rings. The van der Waals surface area contributed by atoms with E-state index >= 15 is 0 Å². The third-order valence-electron chi connectivity index (χ3n) is 2.77. The molecule has 0 radical (unpaired) electrons. The van der Waals surface area contributed by atoms with Gasteiger partial charge >= 0.3 is 6.18 Å². The van der Waals surface area contributed by atoms with E-state index in [2.05, 4.69) is 4.98 Å². The van der Waals surface area contributed by atoms with Crippen LogP contribution in [-0.2, 0) is 6.18 Å². The summed E-state index contributed by atoms with van der Waals surface area (Å²) in [6, 6.07) is 1.91. The Labute approximate surface area is 101 Å². The Balaban J connectivity index is 2.34. The zero-order chi connectivity index (χ0) is 13.3. The van der Waals surface area contributed by atoms with E-state index in [0.29, 0.717) is 0 Å². The maximum Gasteiger partial charge on any atom is 0.433 e. The van der Waals surface area contributed by atoms with Gasteiger partial charge in [-0.1, -0.05) is 0 Å². The summed E-state index contributed by atoms with van der Waals surface area (Å²) in [6.07, 6.45) is -2.10. The zero-order valence-electron chi connectivity index (χ0n) is 9.42. The number of rotatable bonds is 3. The average molecular weight is 259 g/mol. The van der Waals surface area contributed by atoms with Crippen LogP contribution in [0.1, 0.15) is 30.5 Å². The van der Waals surface area contributed by atoms with Crippen molar-refractivity contribution in [3.63, 3.8) is 0 Å². The number of amidine groups is 1. The van der Waals surface area contributed by atoms with Crippen molar-refractivity contribution in [2.24, 2.45) is 5.73 Å². The van der Waals surface area contributed by atoms with E-state index in [1.165, 1.54) is 0 Å². The zero-order valence-corrected chi connectivity index (χ0v) is 9.42. The predicted octanol–water partition coefficient (Wildman–Crippen LogP) is 2.32. The minimum atomic E-state index is -4.53. The Morgan fingerprint density at radius 1 is 1.39 bits per heavy atom. The highest BCUT2D eigenvalue weighted by atomic mass is 19.4. The van der Waals surface area contributed by atoms with Crippen LogP contribution in [0.25, 0.3) is 0 Å². The first kappa shape index (κ1) is 12.7. The van der Waals surface area contributed by atoms with Crippen LogP contribution in [0.2, 0.25) is 0 Å². The van der Waals surface area contributed by atoms with Crippen LogP contribution in [0.5, 0.6) is 5.88 Å². The Morgan fingerprint density at radius 3 is 2.50 bits per heavy atom. The van der Waals surface area contributed by atoms with Crippen LogP contribution in [0.4, 0.5) is 13.2 Å². The number of ether oxygens (including phenoxy) is 1. The summed E-state index contributed by atoms with van der Waals surface area (Å²) in [5.74, 6) is -0.562. The fraction of sp³-hybridized carbons (Fsp3) is 0.455. The SMILES string of the molecule is N=C(N)c1ccc(C(F)(F)F)nc1OC1CCC1. The number of nitrogens with one attached hydrogen (secondary N) is 1. The van der Waals surface area contributed by atoms with Crippen LogP contribution < -0.4 is 10.5 Å². The molecule has 0 atom stereocenters. The van der Waals surface area contributed by atoms with Crippen LogP contribution in [0.15, 0.2) is 12.1 Å². The number of aromatic nitrogens is 1. The van der Waals surface area contributed by atoms with Crippen LogP contribution in [0, 0.1) is 5.41 Å². The molecule has 2 rings (SSSR count). The molecule has 4 nitrogen and oxygen atoms in total. The quantitative estimate of drug-likeness (QED) is 0.646. The Morgan fingerprint density at radius 2 is 2.06 bits per heavy atom. The first-order valence-corrected chi connectivity index (χ1v) is 5.47. The largest absolute Gasteiger partial charge is 0.474 e.